The van der Waals surface area contributed by atoms with Crippen LogP contribution in [0.25, 0.3) is 33.4 Å². The predicted molar refractivity (Wildman–Crippen MR) is 444 cm³/mol. The minimum atomic E-state index is -3.14. The number of nitrogens with one attached hydrogen (secondary N) is 1. The summed E-state index contributed by atoms with van der Waals surface area (Å²) in [6, 6.07) is 37.6. The van der Waals surface area contributed by atoms with Gasteiger partial charge in [0.15, 0.2) is 39.8 Å². The third-order valence-corrected chi connectivity index (χ3v) is 32.2. The van der Waals surface area contributed by atoms with Gasteiger partial charge in [0, 0.05) is 55.4 Å². The lowest BCUT2D eigenvalue weighted by molar-refractivity contribution is -0.0211. The minimum absolute atomic E-state index is 0.00176. The SMILES string of the molecule is CC#Cc1cccc(-c2csc(C3(C)CC4(CCCS(=O)(=O)C4)OC(N)=N3)c2)c1.CC#Cc1cccc(-c2csc(C3(C)CC4(CS(=O)(=O)C4)OC(N)=N3)c2)c1.CC#Cc1cccc(-c2csc(C3(C)CC4(CS(=O)(=O)C4)SC(N)=N3)c2)c1.CC1(c2cc(NC(=O)c3ccc(F)cn3)ccc2F)CC2(COC2)SC(N)=N1. The molecule has 20 nitrogen and oxygen atoms in total. The van der Waals surface area contributed by atoms with Crippen molar-refractivity contribution in [2.45, 2.75) is 130 Å². The quantitative estimate of drug-likeness (QED) is 0.0838. The van der Waals surface area contributed by atoms with Crippen LogP contribution < -0.4 is 28.3 Å². The van der Waals surface area contributed by atoms with Gasteiger partial charge in [0.25, 0.3) is 18.0 Å². The fourth-order valence-electron chi connectivity index (χ4n) is 15.8. The third kappa shape index (κ3) is 18.1. The van der Waals surface area contributed by atoms with Crippen molar-refractivity contribution in [3.05, 3.63) is 198 Å². The lowest BCUT2D eigenvalue weighted by Gasteiger charge is -2.48. The Bertz CT molecular complexity index is 5510. The van der Waals surface area contributed by atoms with Crippen molar-refractivity contribution in [2.24, 2.45) is 42.9 Å². The normalized spacial score (nSPS) is 25.3. The molecule has 4 aromatic carbocycles. The Hall–Kier alpha value is -8.87. The molecule has 5 unspecified atom stereocenters. The lowest BCUT2D eigenvalue weighted by Crippen LogP contribution is -2.62. The first-order valence-electron chi connectivity index (χ1n) is 35.4. The van der Waals surface area contributed by atoms with Crippen molar-refractivity contribution in [2.75, 3.05) is 53.0 Å². The second-order valence-electron chi connectivity index (χ2n) is 30.0. The van der Waals surface area contributed by atoms with Crippen LogP contribution in [0.3, 0.4) is 0 Å². The van der Waals surface area contributed by atoms with Crippen molar-refractivity contribution in [3.8, 4) is 68.9 Å². The van der Waals surface area contributed by atoms with E-state index in [2.05, 4.69) is 138 Å². The first-order chi connectivity index (χ1) is 52.5. The molecule has 1 amide bonds. The molecule has 4 aromatic heterocycles. The van der Waals surface area contributed by atoms with E-state index in [-0.39, 0.29) is 61.7 Å². The molecule has 578 valence electrons. The zero-order valence-corrected chi connectivity index (χ0v) is 68.4. The molecular formula is C81H82F2N10O10S8. The van der Waals surface area contributed by atoms with Crippen LogP contribution in [0.4, 0.5) is 14.5 Å². The molecule has 0 aliphatic carbocycles. The molecule has 4 fully saturated rings. The number of amides is 1. The van der Waals surface area contributed by atoms with E-state index < -0.39 is 80.4 Å². The van der Waals surface area contributed by atoms with Crippen molar-refractivity contribution >= 4 is 121 Å². The van der Waals surface area contributed by atoms with E-state index in [4.69, 9.17) is 42.1 Å². The maximum Gasteiger partial charge on any atom is 0.283 e. The van der Waals surface area contributed by atoms with Gasteiger partial charge in [-0.25, -0.2) is 49.0 Å². The van der Waals surface area contributed by atoms with E-state index in [0.717, 1.165) is 77.0 Å². The standard InChI is InChI=1S/C22H24N2O3S2.C20H20N2O3S2.C20H20N2O2S3.C19H18F2N4O2S/c1-3-6-16-7-4-8-17(11-16)18-12-19(28-13-18)21(2)14-22(27-20(23)24-21)9-5-10-29(25,26)15-22;1-3-5-14-6-4-7-15(8-14)16-9-17(26-10-16)19(2)11-20(25-18(21)22-19)12-27(23,24)13-20;1-3-5-14-6-4-7-15(8-14)16-9-17(25-10-16)19(2)11-20(26-18(21)22-19)12-27(23,24)13-20;1-18(8-19(9-27-10-19)28-17(22)25-18)13-6-12(3-4-14(13)21)24-16(26)15-5-2-11(20)7-23-15/h4,7-8,11-13H,5,9-10,14-15H2,1-2H3,(H2,23,24);2*4,6-10H,11-13H2,1-2H3,(H2,21,22);2-7H,8-10H2,1H3,(H2,22,25)(H,24,26). The van der Waals surface area contributed by atoms with Gasteiger partial charge in [0.2, 0.25) is 0 Å². The van der Waals surface area contributed by atoms with Gasteiger partial charge in [0.1, 0.15) is 39.6 Å². The summed E-state index contributed by atoms with van der Waals surface area (Å²) in [5.74, 6) is 17.1. The number of sulfone groups is 3. The Labute approximate surface area is 666 Å². The van der Waals surface area contributed by atoms with Crippen LogP contribution >= 0.6 is 57.5 Å². The molecule has 9 N–H and O–H groups in total. The summed E-state index contributed by atoms with van der Waals surface area (Å²) in [7, 11) is -9.11. The number of benzene rings is 4. The maximum atomic E-state index is 14.7. The average Bonchev–Trinajstić information content (AvgIpc) is 1.69. The summed E-state index contributed by atoms with van der Waals surface area (Å²) in [5.41, 5.74) is 30.3. The van der Waals surface area contributed by atoms with Gasteiger partial charge in [-0.3, -0.25) is 14.8 Å². The smallest absolute Gasteiger partial charge is 0.283 e. The number of aromatic nitrogens is 1. The van der Waals surface area contributed by atoms with E-state index in [1.165, 1.54) is 41.7 Å². The maximum absolute atomic E-state index is 14.7. The molecule has 4 saturated heterocycles. The van der Waals surface area contributed by atoms with Crippen LogP contribution in [0.5, 0.6) is 0 Å². The number of carbonyl (C=O) groups is 1. The van der Waals surface area contributed by atoms with Gasteiger partial charge in [-0.2, -0.15) is 0 Å². The summed E-state index contributed by atoms with van der Waals surface area (Å²) in [5, 5.41) is 9.84. The molecule has 0 saturated carbocycles. The second-order valence-corrected chi connectivity index (χ2v) is 42.0. The Morgan fingerprint density at radius 3 is 1.41 bits per heavy atom. The second kappa shape index (κ2) is 30.9. The van der Waals surface area contributed by atoms with E-state index in [1.807, 2.05) is 77.9 Å². The molecule has 4 spiro atoms. The highest BCUT2D eigenvalue weighted by Gasteiger charge is 2.59. The van der Waals surface area contributed by atoms with Crippen LogP contribution in [0.15, 0.2) is 164 Å². The third-order valence-electron chi connectivity index (χ3n) is 20.2. The molecule has 0 radical (unpaired) electrons. The zero-order chi connectivity index (χ0) is 79.2. The molecule has 8 aromatic rings. The van der Waals surface area contributed by atoms with Crippen molar-refractivity contribution in [1.82, 2.24) is 4.98 Å². The molecule has 16 rings (SSSR count). The first kappa shape index (κ1) is 80.2. The van der Waals surface area contributed by atoms with Crippen LogP contribution in [-0.2, 0) is 65.9 Å². The van der Waals surface area contributed by atoms with Crippen LogP contribution in [-0.4, -0.2) is 127 Å². The summed E-state index contributed by atoms with van der Waals surface area (Å²) < 4.78 is 116. The molecule has 5 atom stereocenters. The van der Waals surface area contributed by atoms with E-state index >= 15 is 0 Å². The minimum Gasteiger partial charge on any atom is -0.458 e. The highest BCUT2D eigenvalue weighted by molar-refractivity contribution is 8.17. The van der Waals surface area contributed by atoms with Crippen molar-refractivity contribution in [1.29, 1.82) is 0 Å². The first-order valence-corrected chi connectivity index (χ1v) is 45.2. The van der Waals surface area contributed by atoms with Crippen LogP contribution in [0.2, 0.25) is 0 Å². The number of pyridine rings is 1. The number of hydrogen-bond donors (Lipinski definition) is 5. The summed E-state index contributed by atoms with van der Waals surface area (Å²) in [4.78, 5) is 37.6. The number of nitrogens with two attached hydrogens (primary N) is 4. The van der Waals surface area contributed by atoms with Gasteiger partial charge in [-0.15, -0.1) is 51.8 Å². The van der Waals surface area contributed by atoms with Gasteiger partial charge in [-0.05, 0) is 209 Å². The molecule has 0 bridgehead atoms. The van der Waals surface area contributed by atoms with Crippen molar-refractivity contribution in [3.63, 3.8) is 0 Å². The van der Waals surface area contributed by atoms with Gasteiger partial charge < -0.3 is 42.5 Å². The number of thiophene rings is 3. The van der Waals surface area contributed by atoms with Gasteiger partial charge in [0.05, 0.1) is 74.5 Å². The Kier molecular flexibility index (Phi) is 22.3. The Morgan fingerprint density at radius 1 is 0.505 bits per heavy atom. The number of halogens is 2. The number of carbonyl (C=O) groups excluding carboxylic acids is 1. The van der Waals surface area contributed by atoms with E-state index in [1.54, 1.807) is 40.1 Å². The number of aliphatic imine (C=N–C) groups is 4. The fourth-order valence-corrected chi connectivity index (χ4v) is 28.2. The Morgan fingerprint density at radius 2 is 0.955 bits per heavy atom. The number of amidine groups is 4. The number of rotatable bonds is 9. The summed E-state index contributed by atoms with van der Waals surface area (Å²) >= 11 is 7.75. The summed E-state index contributed by atoms with van der Waals surface area (Å²) in [6.45, 7) is 14.4. The number of hydrogen-bond acceptors (Lipinski definition) is 24. The molecule has 111 heavy (non-hydrogen) atoms. The molecule has 8 aliphatic heterocycles. The zero-order valence-electron chi connectivity index (χ0n) is 61.9. The molecular weight excluding hydrogens is 1570 g/mol. The molecule has 12 heterocycles. The monoisotopic (exact) mass is 1650 g/mol. The number of ether oxygens (including phenoxy) is 3. The topological polar surface area (TPSA) is 326 Å². The lowest BCUT2D eigenvalue weighted by atomic mass is 9.81. The summed E-state index contributed by atoms with van der Waals surface area (Å²) in [6.07, 6.45) is 4.48. The number of thioether (sulfide) groups is 2. The van der Waals surface area contributed by atoms with Crippen molar-refractivity contribution < 1.29 is 53.0 Å². The van der Waals surface area contributed by atoms with Gasteiger partial charge >= 0.3 is 0 Å². The Balaban J connectivity index is 0.000000130. The van der Waals surface area contributed by atoms with Crippen LogP contribution in [0.1, 0.15) is 134 Å². The number of anilines is 1. The number of nitrogens with zero attached hydrogens (tertiary/aromatic N) is 5. The highest BCUT2D eigenvalue weighted by Crippen LogP contribution is 2.54. The fraction of sp³-hybridized carbons (Fsp3) is 0.358. The average molecular weight is 1650 g/mol. The van der Waals surface area contributed by atoms with Gasteiger partial charge in [-0.1, -0.05) is 77.7 Å². The molecule has 30 heteroatoms. The van der Waals surface area contributed by atoms with E-state index in [0.29, 0.717) is 73.3 Å². The molecule has 8 aliphatic rings. The largest absolute Gasteiger partial charge is 0.458 e. The van der Waals surface area contributed by atoms with E-state index in [9.17, 15) is 38.8 Å². The van der Waals surface area contributed by atoms with Crippen LogP contribution in [0, 0.1) is 47.2 Å². The highest BCUT2D eigenvalue weighted by atomic mass is 32.2. The predicted octanol–water partition coefficient (Wildman–Crippen LogP) is 13.3.